The van der Waals surface area contributed by atoms with Crippen LogP contribution in [0.15, 0.2) is 204 Å². The summed E-state index contributed by atoms with van der Waals surface area (Å²) in [5.41, 5.74) is 12.2. The second-order valence-electron chi connectivity index (χ2n) is 14.2. The van der Waals surface area contributed by atoms with E-state index in [4.69, 9.17) is 20.0 Å². The Hall–Kier alpha value is -7.08. The Kier molecular flexibility index (Phi) is 9.19. The number of allylic oxidation sites excluding steroid dienone is 1. The summed E-state index contributed by atoms with van der Waals surface area (Å²) in [5, 5.41) is 2.60. The van der Waals surface area contributed by atoms with E-state index in [1.165, 1.54) is 20.2 Å². The van der Waals surface area contributed by atoms with Crippen LogP contribution in [0.3, 0.4) is 0 Å². The number of aliphatic imine (C=N–C) groups is 2. The maximum absolute atomic E-state index is 5.31. The van der Waals surface area contributed by atoms with Gasteiger partial charge in [-0.3, -0.25) is 0 Å². The number of rotatable bonds is 7. The van der Waals surface area contributed by atoms with E-state index in [-0.39, 0.29) is 0 Å². The van der Waals surface area contributed by atoms with Gasteiger partial charge in [-0.15, -0.1) is 11.3 Å². The van der Waals surface area contributed by atoms with Gasteiger partial charge in [0.25, 0.3) is 0 Å². The maximum Gasteiger partial charge on any atom is 0.160 e. The van der Waals surface area contributed by atoms with Gasteiger partial charge >= 0.3 is 0 Å². The van der Waals surface area contributed by atoms with Gasteiger partial charge in [0.15, 0.2) is 11.7 Å². The molecule has 0 saturated carbocycles. The SMILES string of the molecule is C1=C(c2cccc(-c3cccc(-c4cc(-c5ccccc5)nc(-c5ccccc5)n4)c3)c2)/N=C(c2ccccc2)\N=C(\c2ccc3c(c2)sc2ccccc23)CC\1. The average molecular weight is 749 g/mol. The number of hydrogen-bond acceptors (Lipinski definition) is 5. The Labute approximate surface area is 336 Å². The summed E-state index contributed by atoms with van der Waals surface area (Å²) in [4.78, 5) is 20.7. The van der Waals surface area contributed by atoms with Crippen LogP contribution in [0, 0.1) is 0 Å². The molecule has 270 valence electrons. The van der Waals surface area contributed by atoms with Gasteiger partial charge in [0.1, 0.15) is 0 Å². The van der Waals surface area contributed by atoms with Crippen LogP contribution >= 0.6 is 11.3 Å². The quantitative estimate of drug-likeness (QED) is 0.163. The highest BCUT2D eigenvalue weighted by Crippen LogP contribution is 2.36. The summed E-state index contributed by atoms with van der Waals surface area (Å²) >= 11 is 1.84. The molecule has 57 heavy (non-hydrogen) atoms. The molecule has 7 aromatic carbocycles. The molecule has 1 aliphatic rings. The van der Waals surface area contributed by atoms with E-state index < -0.39 is 0 Å². The summed E-state index contributed by atoms with van der Waals surface area (Å²) in [5.74, 6) is 1.42. The number of hydrogen-bond donors (Lipinski definition) is 0. The monoisotopic (exact) mass is 748 g/mol. The first-order valence-electron chi connectivity index (χ1n) is 19.3. The van der Waals surface area contributed by atoms with Crippen molar-refractivity contribution in [2.24, 2.45) is 9.98 Å². The largest absolute Gasteiger partial charge is 0.232 e. The fourth-order valence-electron chi connectivity index (χ4n) is 7.51. The number of aromatic nitrogens is 2. The number of benzene rings is 7. The first-order valence-corrected chi connectivity index (χ1v) is 20.1. The zero-order valence-electron chi connectivity index (χ0n) is 31.1. The number of thiophene rings is 1. The minimum Gasteiger partial charge on any atom is -0.232 e. The molecule has 0 saturated heterocycles. The van der Waals surface area contributed by atoms with Crippen molar-refractivity contribution >= 4 is 48.8 Å². The fraction of sp³-hybridized carbons (Fsp3) is 0.0385. The van der Waals surface area contributed by atoms with E-state index in [2.05, 4.69) is 152 Å². The molecule has 0 radical (unpaired) electrons. The summed E-state index contributed by atoms with van der Waals surface area (Å²) in [6.07, 6.45) is 3.90. The summed E-state index contributed by atoms with van der Waals surface area (Å²) in [6, 6.07) is 65.6. The van der Waals surface area contributed by atoms with Gasteiger partial charge in [0, 0.05) is 48.0 Å². The third-order valence-corrected chi connectivity index (χ3v) is 11.5. The topological polar surface area (TPSA) is 50.5 Å². The number of amidine groups is 1. The van der Waals surface area contributed by atoms with E-state index in [0.717, 1.165) is 80.1 Å². The van der Waals surface area contributed by atoms with E-state index >= 15 is 0 Å². The zero-order valence-corrected chi connectivity index (χ0v) is 31.9. The molecule has 5 heteroatoms. The second-order valence-corrected chi connectivity index (χ2v) is 15.2. The van der Waals surface area contributed by atoms with Crippen molar-refractivity contribution in [3.63, 3.8) is 0 Å². The Bertz CT molecular complexity index is 2940. The molecule has 0 fully saturated rings. The lowest BCUT2D eigenvalue weighted by molar-refractivity contribution is 1.09. The molecule has 10 rings (SSSR count). The Morgan fingerprint density at radius 2 is 0.965 bits per heavy atom. The molecule has 0 N–H and O–H groups in total. The van der Waals surface area contributed by atoms with Crippen LogP contribution < -0.4 is 0 Å². The van der Waals surface area contributed by atoms with E-state index in [1.807, 2.05) is 53.8 Å². The average Bonchev–Trinajstić information content (AvgIpc) is 3.65. The molecule has 0 aliphatic carbocycles. The van der Waals surface area contributed by atoms with Crippen molar-refractivity contribution in [2.45, 2.75) is 12.8 Å². The predicted octanol–water partition coefficient (Wildman–Crippen LogP) is 13.6. The number of nitrogens with zero attached hydrogens (tertiary/aromatic N) is 4. The van der Waals surface area contributed by atoms with Crippen LogP contribution in [0.25, 0.3) is 70.9 Å². The molecule has 0 spiro atoms. The molecule has 0 atom stereocenters. The Balaban J connectivity index is 1.01. The lowest BCUT2D eigenvalue weighted by Crippen LogP contribution is -2.09. The molecule has 9 aromatic rings. The molecular formula is C52H36N4S. The van der Waals surface area contributed by atoms with Crippen LogP contribution in [0.1, 0.15) is 29.5 Å². The molecule has 3 heterocycles. The molecular weight excluding hydrogens is 713 g/mol. The van der Waals surface area contributed by atoms with Crippen molar-refractivity contribution in [1.82, 2.24) is 9.97 Å². The van der Waals surface area contributed by atoms with Crippen LogP contribution in [-0.2, 0) is 0 Å². The van der Waals surface area contributed by atoms with Crippen molar-refractivity contribution in [1.29, 1.82) is 0 Å². The van der Waals surface area contributed by atoms with Gasteiger partial charge in [-0.05, 0) is 59.9 Å². The molecule has 4 nitrogen and oxygen atoms in total. The van der Waals surface area contributed by atoms with Crippen molar-refractivity contribution < 1.29 is 0 Å². The van der Waals surface area contributed by atoms with E-state index in [0.29, 0.717) is 11.7 Å². The highest BCUT2D eigenvalue weighted by molar-refractivity contribution is 7.25. The maximum atomic E-state index is 5.31. The number of fused-ring (bicyclic) bond motifs is 3. The lowest BCUT2D eigenvalue weighted by Gasteiger charge is -2.14. The molecule has 2 aromatic heterocycles. The Morgan fingerprint density at radius 1 is 0.386 bits per heavy atom. The molecule has 0 unspecified atom stereocenters. The smallest absolute Gasteiger partial charge is 0.160 e. The van der Waals surface area contributed by atoms with Gasteiger partial charge in [0.2, 0.25) is 0 Å². The van der Waals surface area contributed by atoms with Gasteiger partial charge in [-0.2, -0.15) is 0 Å². The lowest BCUT2D eigenvalue weighted by atomic mass is 9.97. The van der Waals surface area contributed by atoms with Gasteiger partial charge in [-0.25, -0.2) is 20.0 Å². The minimum atomic E-state index is 0.703. The van der Waals surface area contributed by atoms with Gasteiger partial charge in [0.05, 0.1) is 22.8 Å². The van der Waals surface area contributed by atoms with Crippen molar-refractivity contribution in [3.8, 4) is 45.0 Å². The van der Waals surface area contributed by atoms with Crippen LogP contribution in [-0.4, -0.2) is 21.5 Å². The van der Waals surface area contributed by atoms with Crippen LogP contribution in [0.4, 0.5) is 0 Å². The summed E-state index contributed by atoms with van der Waals surface area (Å²) in [7, 11) is 0. The zero-order chi connectivity index (χ0) is 38.0. The highest BCUT2D eigenvalue weighted by Gasteiger charge is 2.16. The summed E-state index contributed by atoms with van der Waals surface area (Å²) in [6.45, 7) is 0. The molecule has 1 aliphatic heterocycles. The molecule has 0 bridgehead atoms. The van der Waals surface area contributed by atoms with E-state index in [1.54, 1.807) is 0 Å². The van der Waals surface area contributed by atoms with Gasteiger partial charge < -0.3 is 0 Å². The first-order chi connectivity index (χ1) is 28.2. The van der Waals surface area contributed by atoms with E-state index in [9.17, 15) is 0 Å². The third-order valence-electron chi connectivity index (χ3n) is 10.4. The van der Waals surface area contributed by atoms with Crippen molar-refractivity contribution in [2.75, 3.05) is 0 Å². The van der Waals surface area contributed by atoms with Crippen molar-refractivity contribution in [3.05, 3.63) is 211 Å². The van der Waals surface area contributed by atoms with Crippen LogP contribution in [0.5, 0.6) is 0 Å². The predicted molar refractivity (Wildman–Crippen MR) is 240 cm³/mol. The normalized spacial score (nSPS) is 15.8. The molecule has 0 amide bonds. The highest BCUT2D eigenvalue weighted by atomic mass is 32.1. The standard InChI is InChI=1S/C52H36N4S/c1-4-15-35(16-5-1)47-34-48(56-52(55-47)37-19-8-3-9-20-37)41-24-13-22-39(32-41)38-21-12-23-40(31-38)45-26-14-27-46(54-51(53-45)36-17-6-2-7-18-36)42-29-30-44-43-25-10-11-28-49(43)57-50(44)33-42/h1-13,15-26,28-34H,14,27H2/b45-26-,53-51-,54-46+. The van der Waals surface area contributed by atoms with Crippen LogP contribution in [0.2, 0.25) is 0 Å². The fourth-order valence-corrected chi connectivity index (χ4v) is 8.66. The third kappa shape index (κ3) is 7.13. The second kappa shape index (κ2) is 15.2. The van der Waals surface area contributed by atoms with Gasteiger partial charge in [-0.1, -0.05) is 164 Å². The first kappa shape index (κ1) is 34.4. The minimum absolute atomic E-state index is 0.703. The Morgan fingerprint density at radius 3 is 1.72 bits per heavy atom. The summed E-state index contributed by atoms with van der Waals surface area (Å²) < 4.78 is 2.59.